The number of imide groups is 1. The molecule has 4 atom stereocenters. The van der Waals surface area contributed by atoms with Crippen LogP contribution in [-0.2, 0) is 14.3 Å². The maximum Gasteiger partial charge on any atom is 0.338 e. The van der Waals surface area contributed by atoms with Gasteiger partial charge in [-0.2, -0.15) is 0 Å². The van der Waals surface area contributed by atoms with E-state index in [9.17, 15) is 14.4 Å². The number of unbranched alkanes of at least 4 members (excludes halogenated alkanes) is 1. The van der Waals surface area contributed by atoms with Gasteiger partial charge in [-0.1, -0.05) is 45.2 Å². The number of esters is 1. The highest BCUT2D eigenvalue weighted by atomic mass is 79.9. The smallest absolute Gasteiger partial charge is 0.338 e. The zero-order chi connectivity index (χ0) is 18.8. The van der Waals surface area contributed by atoms with Gasteiger partial charge in [-0.05, 0) is 43.5 Å². The highest BCUT2D eigenvalue weighted by Crippen LogP contribution is 2.44. The summed E-state index contributed by atoms with van der Waals surface area (Å²) in [6.07, 6.45) is 3.07. The van der Waals surface area contributed by atoms with Gasteiger partial charge in [0.25, 0.3) is 0 Å². The molecule has 3 rings (SSSR count). The molecule has 5 nitrogen and oxygen atoms in total. The van der Waals surface area contributed by atoms with Gasteiger partial charge >= 0.3 is 5.97 Å². The number of halogens is 2. The monoisotopic (exact) mass is 485 g/mol. The minimum absolute atomic E-state index is 0.151. The van der Waals surface area contributed by atoms with E-state index in [2.05, 4.69) is 31.9 Å². The van der Waals surface area contributed by atoms with Gasteiger partial charge in [0.05, 0.1) is 29.7 Å². The van der Waals surface area contributed by atoms with E-state index < -0.39 is 0 Å². The second-order valence-corrected chi connectivity index (χ2v) is 9.12. The molecule has 1 saturated carbocycles. The lowest BCUT2D eigenvalue weighted by Crippen LogP contribution is -2.34. The Kier molecular flexibility index (Phi) is 6.17. The van der Waals surface area contributed by atoms with Gasteiger partial charge in [0.2, 0.25) is 11.8 Å². The lowest BCUT2D eigenvalue weighted by Gasteiger charge is -2.29. The Labute approximate surface area is 169 Å². The Morgan fingerprint density at radius 1 is 1.08 bits per heavy atom. The Hall–Kier alpha value is -1.21. The summed E-state index contributed by atoms with van der Waals surface area (Å²) in [6, 6.07) is 6.49. The fourth-order valence-electron chi connectivity index (χ4n) is 3.49. The maximum absolute atomic E-state index is 12.8. The zero-order valence-corrected chi connectivity index (χ0v) is 17.7. The van der Waals surface area contributed by atoms with Crippen LogP contribution >= 0.6 is 31.9 Å². The third kappa shape index (κ3) is 3.74. The summed E-state index contributed by atoms with van der Waals surface area (Å²) in [6.45, 7) is 2.42. The van der Waals surface area contributed by atoms with Gasteiger partial charge in [0.1, 0.15) is 0 Å². The van der Waals surface area contributed by atoms with Crippen molar-refractivity contribution in [1.82, 2.24) is 0 Å². The number of carbonyl (C=O) groups excluding carboxylic acids is 3. The lowest BCUT2D eigenvalue weighted by molar-refractivity contribution is -0.122. The summed E-state index contributed by atoms with van der Waals surface area (Å²) in [4.78, 5) is 39.2. The van der Waals surface area contributed by atoms with Crippen molar-refractivity contribution in [2.24, 2.45) is 11.8 Å². The first-order valence-electron chi connectivity index (χ1n) is 8.87. The first-order chi connectivity index (χ1) is 12.4. The number of hydrogen-bond donors (Lipinski definition) is 0. The Morgan fingerprint density at radius 3 is 2.12 bits per heavy atom. The quantitative estimate of drug-likeness (QED) is 0.272. The molecule has 26 heavy (non-hydrogen) atoms. The van der Waals surface area contributed by atoms with Crippen LogP contribution in [0.3, 0.4) is 0 Å². The predicted molar refractivity (Wildman–Crippen MR) is 106 cm³/mol. The van der Waals surface area contributed by atoms with Crippen molar-refractivity contribution >= 4 is 55.3 Å². The first-order valence-corrected chi connectivity index (χ1v) is 10.7. The Morgan fingerprint density at radius 2 is 1.62 bits per heavy atom. The highest BCUT2D eigenvalue weighted by Gasteiger charge is 2.52. The molecule has 2 fully saturated rings. The minimum atomic E-state index is -0.387. The van der Waals surface area contributed by atoms with Crippen LogP contribution in [-0.4, -0.2) is 34.0 Å². The molecule has 140 valence electrons. The molecule has 1 aliphatic carbocycles. The molecule has 2 aliphatic rings. The average Bonchev–Trinajstić information content (AvgIpc) is 2.86. The number of nitrogens with zero attached hydrogens (tertiary/aromatic N) is 1. The molecule has 0 N–H and O–H groups in total. The van der Waals surface area contributed by atoms with Crippen LogP contribution in [0.15, 0.2) is 24.3 Å². The molecule has 0 aromatic heterocycles. The number of alkyl halides is 2. The van der Waals surface area contributed by atoms with E-state index in [1.807, 2.05) is 6.92 Å². The second kappa shape index (κ2) is 8.21. The van der Waals surface area contributed by atoms with Crippen LogP contribution < -0.4 is 4.90 Å². The van der Waals surface area contributed by atoms with Crippen molar-refractivity contribution < 1.29 is 19.1 Å². The fraction of sp³-hybridized carbons (Fsp3) is 0.526. The second-order valence-electron chi connectivity index (χ2n) is 6.76. The Bertz CT molecular complexity index is 678. The number of carbonyl (C=O) groups is 3. The van der Waals surface area contributed by atoms with Crippen molar-refractivity contribution in [3.63, 3.8) is 0 Å². The molecule has 2 amide bonds. The van der Waals surface area contributed by atoms with Crippen molar-refractivity contribution in [2.45, 2.75) is 42.3 Å². The van der Waals surface area contributed by atoms with Gasteiger partial charge in [0.15, 0.2) is 0 Å². The van der Waals surface area contributed by atoms with Gasteiger partial charge < -0.3 is 4.74 Å². The van der Waals surface area contributed by atoms with Crippen molar-refractivity contribution in [2.75, 3.05) is 11.5 Å². The van der Waals surface area contributed by atoms with Gasteiger partial charge in [-0.25, -0.2) is 4.79 Å². The molecule has 0 unspecified atom stereocenters. The van der Waals surface area contributed by atoms with Gasteiger partial charge in [-0.3, -0.25) is 14.5 Å². The summed E-state index contributed by atoms with van der Waals surface area (Å²) < 4.78 is 5.18. The number of anilines is 1. The van der Waals surface area contributed by atoms with Gasteiger partial charge in [0, 0.05) is 9.65 Å². The summed E-state index contributed by atoms with van der Waals surface area (Å²) in [5.74, 6) is -1.25. The maximum atomic E-state index is 12.8. The fourth-order valence-corrected chi connectivity index (χ4v) is 4.73. The van der Waals surface area contributed by atoms with Gasteiger partial charge in [-0.15, -0.1) is 0 Å². The van der Waals surface area contributed by atoms with E-state index in [0.717, 1.165) is 12.8 Å². The van der Waals surface area contributed by atoms with Crippen molar-refractivity contribution in [3.05, 3.63) is 29.8 Å². The van der Waals surface area contributed by atoms with E-state index in [4.69, 9.17) is 4.74 Å². The van der Waals surface area contributed by atoms with E-state index in [1.165, 1.54) is 4.90 Å². The van der Waals surface area contributed by atoms with E-state index in [1.54, 1.807) is 24.3 Å². The van der Waals surface area contributed by atoms with Crippen LogP contribution in [0.25, 0.3) is 0 Å². The van der Waals surface area contributed by atoms with Crippen LogP contribution in [0.2, 0.25) is 0 Å². The molecule has 0 radical (unpaired) electrons. The summed E-state index contributed by atoms with van der Waals surface area (Å²) in [7, 11) is 0. The largest absolute Gasteiger partial charge is 0.462 e. The SMILES string of the molecule is CCCCOC(=O)c1ccc(N2C(=O)[C@H]3C[C@@H](Br)[C@H](Br)C[C@@H]3C2=O)cc1. The van der Waals surface area contributed by atoms with Crippen molar-refractivity contribution in [3.8, 4) is 0 Å². The molecular formula is C19H21Br2NO4. The number of hydrogen-bond acceptors (Lipinski definition) is 4. The normalized spacial score (nSPS) is 28.2. The number of ether oxygens (including phenoxy) is 1. The number of rotatable bonds is 5. The third-order valence-electron chi connectivity index (χ3n) is 5.00. The number of fused-ring (bicyclic) bond motifs is 1. The summed E-state index contributed by atoms with van der Waals surface area (Å²) in [5.41, 5.74) is 0.930. The van der Waals surface area contributed by atoms with E-state index in [-0.39, 0.29) is 39.3 Å². The summed E-state index contributed by atoms with van der Waals surface area (Å²) >= 11 is 7.17. The molecule has 1 saturated heterocycles. The molecule has 1 aromatic carbocycles. The van der Waals surface area contributed by atoms with Crippen LogP contribution in [0.1, 0.15) is 43.0 Å². The standard InChI is InChI=1S/C19H21Br2NO4/c1-2-3-8-26-19(25)11-4-6-12(7-5-11)22-17(23)13-9-15(20)16(21)10-14(13)18(22)24/h4-7,13-16H,2-3,8-10H2,1H3/t13-,14-,15+,16+/m0/s1. The third-order valence-corrected chi connectivity index (χ3v) is 7.74. The van der Waals surface area contributed by atoms with Crippen LogP contribution in [0.4, 0.5) is 5.69 Å². The molecule has 7 heteroatoms. The highest BCUT2D eigenvalue weighted by molar-refractivity contribution is 9.12. The molecular weight excluding hydrogens is 466 g/mol. The zero-order valence-electron chi connectivity index (χ0n) is 14.5. The molecule has 1 aromatic rings. The van der Waals surface area contributed by atoms with Crippen molar-refractivity contribution in [1.29, 1.82) is 0 Å². The van der Waals surface area contributed by atoms with E-state index in [0.29, 0.717) is 30.7 Å². The molecule has 0 spiro atoms. The number of benzene rings is 1. The topological polar surface area (TPSA) is 63.7 Å². The summed E-state index contributed by atoms with van der Waals surface area (Å²) in [5, 5.41) is 0. The number of amides is 2. The van der Waals surface area contributed by atoms with Crippen LogP contribution in [0, 0.1) is 11.8 Å². The average molecular weight is 487 g/mol. The van der Waals surface area contributed by atoms with Crippen LogP contribution in [0.5, 0.6) is 0 Å². The molecule has 1 heterocycles. The Balaban J connectivity index is 1.74. The first kappa shape index (κ1) is 19.5. The molecule has 0 bridgehead atoms. The van der Waals surface area contributed by atoms with E-state index >= 15 is 0 Å². The lowest BCUT2D eigenvalue weighted by atomic mass is 9.81. The minimum Gasteiger partial charge on any atom is -0.462 e. The molecule has 1 aliphatic heterocycles. The predicted octanol–water partition coefficient (Wildman–Crippen LogP) is 4.07.